The van der Waals surface area contributed by atoms with E-state index in [1.54, 1.807) is 0 Å². The number of rotatable bonds is 4. The first-order chi connectivity index (χ1) is 12.1. The number of likely N-dealkylation sites (tertiary alicyclic amines) is 1. The third-order valence-electron chi connectivity index (χ3n) is 4.69. The molecule has 0 bridgehead atoms. The van der Waals surface area contributed by atoms with Crippen LogP contribution in [0.25, 0.3) is 0 Å². The van der Waals surface area contributed by atoms with Crippen molar-refractivity contribution in [3.05, 3.63) is 47.5 Å². The van der Waals surface area contributed by atoms with E-state index < -0.39 is 24.1 Å². The highest BCUT2D eigenvalue weighted by Gasteiger charge is 2.45. The molecule has 3 rings (SSSR count). The lowest BCUT2D eigenvalue weighted by Gasteiger charge is -2.28. The molecule has 132 valence electrons. The smallest absolute Gasteiger partial charge is 0.411 e. The summed E-state index contributed by atoms with van der Waals surface area (Å²) in [5.41, 5.74) is 1.47. The Hall–Kier alpha value is -2.63. The molecule has 1 heterocycles. The average molecular weight is 343 g/mol. The maximum absolute atomic E-state index is 12.7. The van der Waals surface area contributed by atoms with Crippen LogP contribution < -0.4 is 0 Å². The first kappa shape index (κ1) is 17.2. The van der Waals surface area contributed by atoms with E-state index in [1.165, 1.54) is 12.0 Å². The van der Waals surface area contributed by atoms with Gasteiger partial charge in [-0.2, -0.15) is 0 Å². The van der Waals surface area contributed by atoms with E-state index in [4.69, 9.17) is 9.47 Å². The molecule has 0 saturated carbocycles. The van der Waals surface area contributed by atoms with Crippen molar-refractivity contribution in [3.8, 4) is 0 Å². The summed E-state index contributed by atoms with van der Waals surface area (Å²) >= 11 is 0. The van der Waals surface area contributed by atoms with E-state index in [-0.39, 0.29) is 12.4 Å². The summed E-state index contributed by atoms with van der Waals surface area (Å²) in [5, 5.41) is 0. The number of Topliss-reactive ketones (excluding diaryl/α,β-unsaturated/α-hetero) is 1. The van der Waals surface area contributed by atoms with Crippen LogP contribution in [0.1, 0.15) is 31.2 Å². The molecule has 2 aliphatic rings. The van der Waals surface area contributed by atoms with Gasteiger partial charge in [-0.05, 0) is 24.8 Å². The van der Waals surface area contributed by atoms with Gasteiger partial charge in [-0.25, -0.2) is 9.59 Å². The second-order valence-corrected chi connectivity index (χ2v) is 6.20. The monoisotopic (exact) mass is 343 g/mol. The topological polar surface area (TPSA) is 72.9 Å². The first-order valence-corrected chi connectivity index (χ1v) is 8.42. The molecule has 1 aromatic rings. The van der Waals surface area contributed by atoms with Crippen LogP contribution in [0.3, 0.4) is 0 Å². The van der Waals surface area contributed by atoms with Crippen LogP contribution in [-0.2, 0) is 25.7 Å². The number of allylic oxidation sites excluding steroid dienone is 1. The van der Waals surface area contributed by atoms with Gasteiger partial charge in [0.05, 0.1) is 13.2 Å². The summed E-state index contributed by atoms with van der Waals surface area (Å²) in [4.78, 5) is 38.2. The number of amides is 1. The first-order valence-electron chi connectivity index (χ1n) is 8.42. The molecule has 1 aliphatic carbocycles. The van der Waals surface area contributed by atoms with Crippen LogP contribution in [0.15, 0.2) is 42.0 Å². The molecule has 0 unspecified atom stereocenters. The van der Waals surface area contributed by atoms with E-state index in [1.807, 2.05) is 36.4 Å². The molecule has 1 aliphatic heterocycles. The normalized spacial score (nSPS) is 22.7. The van der Waals surface area contributed by atoms with Crippen LogP contribution in [0.5, 0.6) is 0 Å². The van der Waals surface area contributed by atoms with Crippen LogP contribution in [0, 0.1) is 0 Å². The van der Waals surface area contributed by atoms with Crippen molar-refractivity contribution in [3.63, 3.8) is 0 Å². The van der Waals surface area contributed by atoms with Gasteiger partial charge in [-0.3, -0.25) is 9.69 Å². The fraction of sp³-hybridized carbons (Fsp3) is 0.421. The Balaban J connectivity index is 1.77. The standard InChI is InChI=1S/C19H21NO5/c1-24-18(22)16-11-10-15(14-8-5-9-17(14)21)20(16)19(23)25-12-13-6-3-2-4-7-13/h2-4,6-8,15-16H,5,9-12H2,1H3/t15-,16-/m0/s1. The highest BCUT2D eigenvalue weighted by atomic mass is 16.6. The van der Waals surface area contributed by atoms with Crippen molar-refractivity contribution in [1.29, 1.82) is 0 Å². The minimum absolute atomic E-state index is 0.0383. The van der Waals surface area contributed by atoms with E-state index in [2.05, 4.69) is 0 Å². The predicted molar refractivity (Wildman–Crippen MR) is 89.6 cm³/mol. The third-order valence-corrected chi connectivity index (χ3v) is 4.69. The molecular formula is C19H21NO5. The van der Waals surface area contributed by atoms with Gasteiger partial charge in [-0.15, -0.1) is 0 Å². The lowest BCUT2D eigenvalue weighted by Crippen LogP contribution is -2.46. The molecule has 6 heteroatoms. The molecule has 25 heavy (non-hydrogen) atoms. The number of ketones is 1. The number of carbonyl (C=O) groups excluding carboxylic acids is 3. The molecule has 1 saturated heterocycles. The number of methoxy groups -OCH3 is 1. The quantitative estimate of drug-likeness (QED) is 0.786. The van der Waals surface area contributed by atoms with Crippen molar-refractivity contribution in [2.24, 2.45) is 0 Å². The minimum Gasteiger partial charge on any atom is -0.467 e. The molecule has 2 atom stereocenters. The SMILES string of the molecule is COC(=O)[C@@H]1CC[C@@H](C2=CCCC2=O)N1C(=O)OCc1ccccc1. The Morgan fingerprint density at radius 1 is 1.20 bits per heavy atom. The summed E-state index contributed by atoms with van der Waals surface area (Å²) < 4.78 is 10.2. The summed E-state index contributed by atoms with van der Waals surface area (Å²) in [7, 11) is 1.29. The van der Waals surface area contributed by atoms with E-state index >= 15 is 0 Å². The van der Waals surface area contributed by atoms with Crippen LogP contribution in [-0.4, -0.2) is 41.9 Å². The Morgan fingerprint density at radius 3 is 2.60 bits per heavy atom. The van der Waals surface area contributed by atoms with Gasteiger partial charge in [0.15, 0.2) is 5.78 Å². The van der Waals surface area contributed by atoms with Crippen LogP contribution in [0.4, 0.5) is 4.79 Å². The van der Waals surface area contributed by atoms with Gasteiger partial charge >= 0.3 is 12.1 Å². The molecule has 0 N–H and O–H groups in total. The maximum Gasteiger partial charge on any atom is 0.411 e. The predicted octanol–water partition coefficient (Wildman–Crippen LogP) is 2.62. The van der Waals surface area contributed by atoms with E-state index in [9.17, 15) is 14.4 Å². The van der Waals surface area contributed by atoms with Crippen LogP contribution in [0.2, 0.25) is 0 Å². The number of ether oxygens (including phenoxy) is 2. The second-order valence-electron chi connectivity index (χ2n) is 6.20. The molecule has 1 fully saturated rings. The molecule has 0 radical (unpaired) electrons. The van der Waals surface area contributed by atoms with E-state index in [0.717, 1.165) is 5.56 Å². The summed E-state index contributed by atoms with van der Waals surface area (Å²) in [6, 6.07) is 8.19. The second kappa shape index (κ2) is 7.51. The number of hydrogen-bond donors (Lipinski definition) is 0. The summed E-state index contributed by atoms with van der Waals surface area (Å²) in [6.07, 6.45) is 3.43. The fourth-order valence-electron chi connectivity index (χ4n) is 3.47. The number of hydrogen-bond acceptors (Lipinski definition) is 5. The molecular weight excluding hydrogens is 322 g/mol. The van der Waals surface area contributed by atoms with E-state index in [0.29, 0.717) is 31.3 Å². The lowest BCUT2D eigenvalue weighted by molar-refractivity contribution is -0.145. The molecule has 6 nitrogen and oxygen atoms in total. The average Bonchev–Trinajstić information content (AvgIpc) is 3.25. The van der Waals surface area contributed by atoms with Crippen molar-refractivity contribution in [2.45, 2.75) is 44.4 Å². The zero-order chi connectivity index (χ0) is 17.8. The lowest BCUT2D eigenvalue weighted by atomic mass is 10.0. The number of carbonyl (C=O) groups is 3. The Morgan fingerprint density at radius 2 is 1.96 bits per heavy atom. The zero-order valence-electron chi connectivity index (χ0n) is 14.1. The highest BCUT2D eigenvalue weighted by Crippen LogP contribution is 2.34. The van der Waals surface area contributed by atoms with Crippen molar-refractivity contribution >= 4 is 17.8 Å². The zero-order valence-corrected chi connectivity index (χ0v) is 14.1. The van der Waals surface area contributed by atoms with Crippen molar-refractivity contribution in [1.82, 2.24) is 4.90 Å². The fourth-order valence-corrected chi connectivity index (χ4v) is 3.47. The summed E-state index contributed by atoms with van der Waals surface area (Å²) in [6.45, 7) is 0.115. The Labute approximate surface area is 146 Å². The van der Waals surface area contributed by atoms with Crippen molar-refractivity contribution < 1.29 is 23.9 Å². The van der Waals surface area contributed by atoms with Gasteiger partial charge in [0, 0.05) is 12.0 Å². The van der Waals surface area contributed by atoms with Gasteiger partial charge in [0.2, 0.25) is 0 Å². The number of esters is 1. The van der Waals surface area contributed by atoms with Crippen LogP contribution >= 0.6 is 0 Å². The Bertz CT molecular complexity index is 697. The summed E-state index contributed by atoms with van der Waals surface area (Å²) in [5.74, 6) is -0.443. The number of benzene rings is 1. The molecule has 1 amide bonds. The number of nitrogens with zero attached hydrogens (tertiary/aromatic N) is 1. The maximum atomic E-state index is 12.7. The largest absolute Gasteiger partial charge is 0.467 e. The van der Waals surface area contributed by atoms with Crippen molar-refractivity contribution in [2.75, 3.05) is 7.11 Å². The molecule has 0 spiro atoms. The van der Waals surface area contributed by atoms with Gasteiger partial charge < -0.3 is 9.47 Å². The molecule has 0 aromatic heterocycles. The highest BCUT2D eigenvalue weighted by molar-refractivity contribution is 5.99. The third kappa shape index (κ3) is 3.57. The van der Waals surface area contributed by atoms with Gasteiger partial charge in [0.1, 0.15) is 12.6 Å². The molecule has 1 aromatic carbocycles. The minimum atomic E-state index is -0.715. The van der Waals surface area contributed by atoms with Gasteiger partial charge in [0.25, 0.3) is 0 Å². The van der Waals surface area contributed by atoms with Gasteiger partial charge in [-0.1, -0.05) is 36.4 Å². The Kier molecular flexibility index (Phi) is 5.16.